The zero-order chi connectivity index (χ0) is 12.3. The van der Waals surface area contributed by atoms with E-state index in [0.29, 0.717) is 6.54 Å². The molecule has 0 atom stereocenters. The van der Waals surface area contributed by atoms with Crippen molar-refractivity contribution in [3.8, 4) is 0 Å². The van der Waals surface area contributed by atoms with Crippen LogP contribution in [0.1, 0.15) is 10.4 Å². The number of hydrogen-bond donors (Lipinski definition) is 1. The van der Waals surface area contributed by atoms with Crippen LogP contribution in [0, 0.1) is 12.1 Å². The molecule has 2 rings (SSSR count). The third-order valence-corrected chi connectivity index (χ3v) is 3.25. The van der Waals surface area contributed by atoms with E-state index in [1.165, 1.54) is 6.07 Å². The summed E-state index contributed by atoms with van der Waals surface area (Å²) in [5, 5.41) is 7.02. The van der Waals surface area contributed by atoms with Crippen molar-refractivity contribution in [2.75, 3.05) is 12.0 Å². The zero-order valence-corrected chi connectivity index (χ0v) is 10.2. The molecule has 2 heterocycles. The van der Waals surface area contributed by atoms with Crippen molar-refractivity contribution in [3.63, 3.8) is 0 Å². The molecule has 0 radical (unpaired) electrons. The maximum Gasteiger partial charge on any atom is 0.176 e. The second-order valence-electron chi connectivity index (χ2n) is 3.65. The van der Waals surface area contributed by atoms with E-state index in [4.69, 9.17) is 0 Å². The van der Waals surface area contributed by atoms with E-state index in [1.54, 1.807) is 16.9 Å². The predicted molar refractivity (Wildman–Crippen MR) is 64.5 cm³/mol. The van der Waals surface area contributed by atoms with Crippen LogP contribution in [0.3, 0.4) is 0 Å². The summed E-state index contributed by atoms with van der Waals surface area (Å²) >= 11 is 1.10. The predicted octanol–water partition coefficient (Wildman–Crippen LogP) is 2.97. The molecule has 92 valence electrons. The molecule has 1 N–H and O–H groups in total. The fourth-order valence-electron chi connectivity index (χ4n) is 1.58. The molecule has 2 aromatic rings. The monoisotopic (exact) mass is 257 g/mol. The first kappa shape index (κ1) is 12.0. The van der Waals surface area contributed by atoms with Crippen LogP contribution in [-0.4, -0.2) is 16.5 Å². The third-order valence-electron chi connectivity index (χ3n) is 2.38. The minimum absolute atomic E-state index is 0.198. The van der Waals surface area contributed by atoms with E-state index in [1.807, 2.05) is 6.92 Å². The highest BCUT2D eigenvalue weighted by molar-refractivity contribution is 7.10. The van der Waals surface area contributed by atoms with Crippen LogP contribution in [0.25, 0.3) is 0 Å². The molecule has 6 heteroatoms. The van der Waals surface area contributed by atoms with E-state index in [2.05, 4.69) is 10.4 Å². The molecule has 0 aliphatic rings. The molecule has 0 aliphatic heterocycles. The smallest absolute Gasteiger partial charge is 0.176 e. The Labute approximate surface area is 102 Å². The fraction of sp³-hybridized carbons (Fsp3) is 0.364. The molecule has 0 aromatic carbocycles. The summed E-state index contributed by atoms with van der Waals surface area (Å²) in [4.78, 5) is 0.898. The van der Waals surface area contributed by atoms with Crippen molar-refractivity contribution in [2.24, 2.45) is 0 Å². The standard InChI is InChI=1S/C11H13F2N3S/c1-8-6-15-16(5-4-12)11(8)14-7-9-2-3-10(13)17-9/h2-3,6,14H,4-5,7H2,1H3. The average molecular weight is 257 g/mol. The Hall–Kier alpha value is -1.43. The molecular formula is C11H13F2N3S. The van der Waals surface area contributed by atoms with Crippen LogP contribution in [0.2, 0.25) is 0 Å². The maximum absolute atomic E-state index is 12.8. The lowest BCUT2D eigenvalue weighted by Crippen LogP contribution is -2.09. The Bertz CT molecular complexity index is 493. The summed E-state index contributed by atoms with van der Waals surface area (Å²) in [5.74, 6) is 0.788. The third kappa shape index (κ3) is 2.82. The van der Waals surface area contributed by atoms with Gasteiger partial charge in [0.25, 0.3) is 0 Å². The number of aryl methyl sites for hydroxylation is 2. The van der Waals surface area contributed by atoms with Crippen molar-refractivity contribution in [2.45, 2.75) is 20.0 Å². The Morgan fingerprint density at radius 1 is 1.47 bits per heavy atom. The maximum atomic E-state index is 12.8. The molecule has 0 amide bonds. The van der Waals surface area contributed by atoms with Gasteiger partial charge in [-0.3, -0.25) is 0 Å². The Balaban J connectivity index is 2.05. The van der Waals surface area contributed by atoms with Crippen molar-refractivity contribution in [3.05, 3.63) is 33.9 Å². The van der Waals surface area contributed by atoms with Gasteiger partial charge >= 0.3 is 0 Å². The highest BCUT2D eigenvalue weighted by Crippen LogP contribution is 2.18. The number of rotatable bonds is 5. The minimum Gasteiger partial charge on any atom is -0.365 e. The summed E-state index contributed by atoms with van der Waals surface area (Å²) in [6.45, 7) is 2.20. The SMILES string of the molecule is Cc1cnn(CCF)c1NCc1ccc(F)s1. The Kier molecular flexibility index (Phi) is 3.73. The molecule has 3 nitrogen and oxygen atoms in total. The zero-order valence-electron chi connectivity index (χ0n) is 9.41. The molecule has 0 fully saturated rings. The van der Waals surface area contributed by atoms with E-state index < -0.39 is 6.67 Å². The summed E-state index contributed by atoms with van der Waals surface area (Å²) in [5.41, 5.74) is 0.954. The number of nitrogens with one attached hydrogen (secondary N) is 1. The van der Waals surface area contributed by atoms with Crippen LogP contribution in [0.5, 0.6) is 0 Å². The molecule has 2 aromatic heterocycles. The number of halogens is 2. The molecule has 0 saturated carbocycles. The Morgan fingerprint density at radius 2 is 2.29 bits per heavy atom. The first-order chi connectivity index (χ1) is 8.20. The average Bonchev–Trinajstić information content (AvgIpc) is 2.85. The van der Waals surface area contributed by atoms with Gasteiger partial charge in [-0.2, -0.15) is 9.49 Å². The second-order valence-corrected chi connectivity index (χ2v) is 4.77. The lowest BCUT2D eigenvalue weighted by Gasteiger charge is -2.08. The van der Waals surface area contributed by atoms with Gasteiger partial charge in [0.15, 0.2) is 5.13 Å². The summed E-state index contributed by atoms with van der Waals surface area (Å²) in [6, 6.07) is 3.17. The minimum atomic E-state index is -0.455. The molecular weight excluding hydrogens is 244 g/mol. The first-order valence-electron chi connectivity index (χ1n) is 5.27. The van der Waals surface area contributed by atoms with E-state index in [9.17, 15) is 8.78 Å². The summed E-state index contributed by atoms with van der Waals surface area (Å²) < 4.78 is 26.7. The van der Waals surface area contributed by atoms with Crippen molar-refractivity contribution >= 4 is 17.2 Å². The lowest BCUT2D eigenvalue weighted by molar-refractivity contribution is 0.429. The fourth-order valence-corrected chi connectivity index (χ4v) is 2.24. The Morgan fingerprint density at radius 3 is 2.94 bits per heavy atom. The summed E-state index contributed by atoms with van der Waals surface area (Å²) in [7, 11) is 0. The number of hydrogen-bond acceptors (Lipinski definition) is 3. The van der Waals surface area contributed by atoms with Crippen LogP contribution in [-0.2, 0) is 13.1 Å². The van der Waals surface area contributed by atoms with Gasteiger partial charge in [0.2, 0.25) is 0 Å². The second kappa shape index (κ2) is 5.27. The van der Waals surface area contributed by atoms with Crippen molar-refractivity contribution < 1.29 is 8.78 Å². The van der Waals surface area contributed by atoms with Gasteiger partial charge in [-0.25, -0.2) is 9.07 Å². The normalized spacial score (nSPS) is 10.8. The summed E-state index contributed by atoms with van der Waals surface area (Å²) in [6.07, 6.45) is 1.69. The van der Waals surface area contributed by atoms with E-state index in [-0.39, 0.29) is 11.7 Å². The van der Waals surface area contributed by atoms with Crippen molar-refractivity contribution in [1.82, 2.24) is 9.78 Å². The van der Waals surface area contributed by atoms with Crippen LogP contribution in [0.15, 0.2) is 18.3 Å². The number of alkyl halides is 1. The number of aromatic nitrogens is 2. The van der Waals surface area contributed by atoms with Crippen LogP contribution in [0.4, 0.5) is 14.6 Å². The molecule has 0 bridgehead atoms. The van der Waals surface area contributed by atoms with Crippen molar-refractivity contribution in [1.29, 1.82) is 0 Å². The highest BCUT2D eigenvalue weighted by atomic mass is 32.1. The number of thiophene rings is 1. The molecule has 0 saturated heterocycles. The van der Waals surface area contributed by atoms with Crippen LogP contribution < -0.4 is 5.32 Å². The molecule has 0 spiro atoms. The van der Waals surface area contributed by atoms with Gasteiger partial charge < -0.3 is 5.32 Å². The molecule has 0 aliphatic carbocycles. The van der Waals surface area contributed by atoms with Gasteiger partial charge in [0, 0.05) is 10.4 Å². The lowest BCUT2D eigenvalue weighted by atomic mass is 10.3. The van der Waals surface area contributed by atoms with E-state index >= 15 is 0 Å². The van der Waals surface area contributed by atoms with Gasteiger partial charge in [-0.1, -0.05) is 0 Å². The van der Waals surface area contributed by atoms with E-state index in [0.717, 1.165) is 27.6 Å². The van der Waals surface area contributed by atoms with Crippen LogP contribution >= 0.6 is 11.3 Å². The highest BCUT2D eigenvalue weighted by Gasteiger charge is 2.07. The van der Waals surface area contributed by atoms with Gasteiger partial charge in [0.1, 0.15) is 12.5 Å². The topological polar surface area (TPSA) is 29.9 Å². The largest absolute Gasteiger partial charge is 0.365 e. The molecule has 0 unspecified atom stereocenters. The van der Waals surface area contributed by atoms with Gasteiger partial charge in [0.05, 0.1) is 19.3 Å². The molecule has 17 heavy (non-hydrogen) atoms. The number of anilines is 1. The number of nitrogens with zero attached hydrogens (tertiary/aromatic N) is 2. The first-order valence-corrected chi connectivity index (χ1v) is 6.09. The van der Waals surface area contributed by atoms with Gasteiger partial charge in [-0.05, 0) is 19.1 Å². The van der Waals surface area contributed by atoms with Gasteiger partial charge in [-0.15, -0.1) is 11.3 Å². The quantitative estimate of drug-likeness (QED) is 0.892.